The Balaban J connectivity index is 1.27. The molecule has 0 saturated carbocycles. The van der Waals surface area contributed by atoms with Gasteiger partial charge in [0.05, 0.1) is 22.8 Å². The maximum atomic E-state index is 11.7. The Morgan fingerprint density at radius 1 is 0.711 bits per heavy atom. The van der Waals surface area contributed by atoms with Crippen LogP contribution in [0.25, 0.3) is 44.9 Å². The van der Waals surface area contributed by atoms with Gasteiger partial charge in [-0.1, -0.05) is 36.4 Å². The van der Waals surface area contributed by atoms with Crippen LogP contribution in [0.1, 0.15) is 11.1 Å². The molecule has 0 saturated heterocycles. The molecule has 4 heterocycles. The average Bonchev–Trinajstić information content (AvgIpc) is 2.97. The summed E-state index contributed by atoms with van der Waals surface area (Å²) in [5.74, 6) is 0. The summed E-state index contributed by atoms with van der Waals surface area (Å²) in [6.07, 6.45) is 3.55. The maximum absolute atomic E-state index is 11.7. The molecule has 184 valence electrons. The van der Waals surface area contributed by atoms with E-state index in [-0.39, 0.29) is 5.63 Å². The molecule has 1 N–H and O–H groups in total. The minimum atomic E-state index is -0.337. The largest absolute Gasteiger partial charge is 0.423 e. The van der Waals surface area contributed by atoms with Gasteiger partial charge in [0.2, 0.25) is 0 Å². The molecule has 4 aromatic heterocycles. The van der Waals surface area contributed by atoms with Gasteiger partial charge in [-0.2, -0.15) is 0 Å². The van der Waals surface area contributed by atoms with Crippen LogP contribution < -0.4 is 10.9 Å². The van der Waals surface area contributed by atoms with E-state index in [1.807, 2.05) is 61.5 Å². The molecule has 0 aliphatic carbocycles. The first-order chi connectivity index (χ1) is 18.6. The number of pyridine rings is 3. The van der Waals surface area contributed by atoms with E-state index in [9.17, 15) is 4.79 Å². The van der Waals surface area contributed by atoms with Crippen molar-refractivity contribution in [2.24, 2.45) is 0 Å². The van der Waals surface area contributed by atoms with Crippen LogP contribution in [0, 0.1) is 6.92 Å². The molecule has 38 heavy (non-hydrogen) atoms. The van der Waals surface area contributed by atoms with Gasteiger partial charge in [-0.3, -0.25) is 9.97 Å². The summed E-state index contributed by atoms with van der Waals surface area (Å²) in [7, 11) is 0. The highest BCUT2D eigenvalue weighted by molar-refractivity contribution is 5.83. The van der Waals surface area contributed by atoms with Gasteiger partial charge in [0.25, 0.3) is 0 Å². The van der Waals surface area contributed by atoms with E-state index in [4.69, 9.17) is 9.40 Å². The second-order valence-corrected chi connectivity index (χ2v) is 9.07. The van der Waals surface area contributed by atoms with Crippen LogP contribution in [-0.4, -0.2) is 15.0 Å². The van der Waals surface area contributed by atoms with Gasteiger partial charge in [0.15, 0.2) is 0 Å². The molecule has 0 atom stereocenters. The number of anilines is 1. The van der Waals surface area contributed by atoms with Gasteiger partial charge in [-0.15, -0.1) is 0 Å². The quantitative estimate of drug-likeness (QED) is 0.253. The Bertz CT molecular complexity index is 1720. The average molecular weight is 497 g/mol. The molecule has 6 nitrogen and oxygen atoms in total. The summed E-state index contributed by atoms with van der Waals surface area (Å²) in [6, 6.07) is 31.6. The van der Waals surface area contributed by atoms with E-state index in [0.29, 0.717) is 12.1 Å². The molecule has 0 fully saturated rings. The standard InChI is InChI=1S/C32H24N4O2/c1-21-16-32(37)38-31-19-25(12-13-26(21)31)35-20-22-8-10-23(11-9-22)24-17-29(27-6-2-4-14-33-27)36-30(18-24)28-7-3-5-15-34-28/h2-19,35H,20H2,1H3. The van der Waals surface area contributed by atoms with E-state index in [1.54, 1.807) is 12.4 Å². The van der Waals surface area contributed by atoms with Gasteiger partial charge >= 0.3 is 5.63 Å². The van der Waals surface area contributed by atoms with Crippen molar-refractivity contribution < 1.29 is 4.42 Å². The second kappa shape index (κ2) is 10.1. The molecule has 0 amide bonds. The third kappa shape index (κ3) is 4.92. The fourth-order valence-corrected chi connectivity index (χ4v) is 4.44. The molecule has 6 heteroatoms. The van der Waals surface area contributed by atoms with E-state index in [0.717, 1.165) is 56.1 Å². The molecule has 0 radical (unpaired) electrons. The summed E-state index contributed by atoms with van der Waals surface area (Å²) in [4.78, 5) is 25.6. The van der Waals surface area contributed by atoms with Crippen molar-refractivity contribution in [2.45, 2.75) is 13.5 Å². The zero-order chi connectivity index (χ0) is 25.9. The zero-order valence-electron chi connectivity index (χ0n) is 20.8. The SMILES string of the molecule is Cc1cc(=O)oc2cc(NCc3ccc(-c4cc(-c5ccccn5)nc(-c5ccccn5)c4)cc3)ccc12. The minimum Gasteiger partial charge on any atom is -0.423 e. The summed E-state index contributed by atoms with van der Waals surface area (Å²) in [6.45, 7) is 2.55. The number of nitrogens with zero attached hydrogens (tertiary/aromatic N) is 3. The van der Waals surface area contributed by atoms with E-state index < -0.39 is 0 Å². The first kappa shape index (κ1) is 23.3. The van der Waals surface area contributed by atoms with Crippen molar-refractivity contribution in [3.63, 3.8) is 0 Å². The fourth-order valence-electron chi connectivity index (χ4n) is 4.44. The van der Waals surface area contributed by atoms with Crippen molar-refractivity contribution in [3.05, 3.63) is 131 Å². The number of benzene rings is 2. The van der Waals surface area contributed by atoms with E-state index in [1.165, 1.54) is 6.07 Å². The highest BCUT2D eigenvalue weighted by atomic mass is 16.4. The van der Waals surface area contributed by atoms with Crippen LogP contribution in [0.5, 0.6) is 0 Å². The first-order valence-corrected chi connectivity index (χ1v) is 12.3. The Morgan fingerprint density at radius 3 is 2.03 bits per heavy atom. The molecule has 0 bridgehead atoms. The Hall–Kier alpha value is -5.10. The van der Waals surface area contributed by atoms with Crippen LogP contribution >= 0.6 is 0 Å². The lowest BCUT2D eigenvalue weighted by atomic mass is 10.0. The molecule has 0 spiro atoms. The fraction of sp³-hybridized carbons (Fsp3) is 0.0625. The molecular weight excluding hydrogens is 472 g/mol. The highest BCUT2D eigenvalue weighted by Gasteiger charge is 2.10. The summed E-state index contributed by atoms with van der Waals surface area (Å²) < 4.78 is 5.37. The van der Waals surface area contributed by atoms with Gasteiger partial charge in [-0.05, 0) is 77.7 Å². The molecule has 2 aromatic carbocycles. The molecule has 0 unspecified atom stereocenters. The number of fused-ring (bicyclic) bond motifs is 1. The van der Waals surface area contributed by atoms with Crippen molar-refractivity contribution in [1.29, 1.82) is 0 Å². The van der Waals surface area contributed by atoms with Gasteiger partial charge in [-0.25, -0.2) is 9.78 Å². The van der Waals surface area contributed by atoms with E-state index >= 15 is 0 Å². The van der Waals surface area contributed by atoms with Crippen molar-refractivity contribution in [2.75, 3.05) is 5.32 Å². The lowest BCUT2D eigenvalue weighted by molar-refractivity contribution is 0.560. The first-order valence-electron chi connectivity index (χ1n) is 12.3. The smallest absolute Gasteiger partial charge is 0.336 e. The van der Waals surface area contributed by atoms with Crippen LogP contribution in [0.2, 0.25) is 0 Å². The summed E-state index contributed by atoms with van der Waals surface area (Å²) in [5.41, 5.74) is 8.52. The maximum Gasteiger partial charge on any atom is 0.336 e. The monoisotopic (exact) mass is 496 g/mol. The predicted molar refractivity (Wildman–Crippen MR) is 151 cm³/mol. The Kier molecular flexibility index (Phi) is 6.20. The van der Waals surface area contributed by atoms with Crippen molar-refractivity contribution in [1.82, 2.24) is 15.0 Å². The lowest BCUT2D eigenvalue weighted by Crippen LogP contribution is -2.01. The third-order valence-electron chi connectivity index (χ3n) is 6.42. The van der Waals surface area contributed by atoms with Crippen molar-refractivity contribution >= 4 is 16.7 Å². The summed E-state index contributed by atoms with van der Waals surface area (Å²) in [5, 5.41) is 4.36. The zero-order valence-corrected chi connectivity index (χ0v) is 20.8. The minimum absolute atomic E-state index is 0.337. The topological polar surface area (TPSA) is 80.9 Å². The number of hydrogen-bond donors (Lipinski definition) is 1. The lowest BCUT2D eigenvalue weighted by Gasteiger charge is -2.11. The van der Waals surface area contributed by atoms with Gasteiger partial charge < -0.3 is 9.73 Å². The predicted octanol–water partition coefficient (Wildman–Crippen LogP) is 6.90. The normalized spacial score (nSPS) is 11.0. The number of rotatable bonds is 6. The number of aryl methyl sites for hydroxylation is 1. The highest BCUT2D eigenvalue weighted by Crippen LogP contribution is 2.29. The van der Waals surface area contributed by atoms with Crippen LogP contribution in [-0.2, 0) is 6.54 Å². The van der Waals surface area contributed by atoms with Crippen LogP contribution in [0.15, 0.2) is 119 Å². The Morgan fingerprint density at radius 2 is 1.39 bits per heavy atom. The molecule has 6 rings (SSSR count). The molecule has 0 aliphatic heterocycles. The van der Waals surface area contributed by atoms with Crippen molar-refractivity contribution in [3.8, 4) is 33.9 Å². The number of nitrogens with one attached hydrogen (secondary N) is 1. The molecule has 6 aromatic rings. The van der Waals surface area contributed by atoms with Crippen LogP contribution in [0.3, 0.4) is 0 Å². The summed E-state index contributed by atoms with van der Waals surface area (Å²) >= 11 is 0. The Labute approximate surface area is 219 Å². The number of aromatic nitrogens is 3. The van der Waals surface area contributed by atoms with Crippen LogP contribution in [0.4, 0.5) is 5.69 Å². The second-order valence-electron chi connectivity index (χ2n) is 9.07. The van der Waals surface area contributed by atoms with Gasteiger partial charge in [0, 0.05) is 42.1 Å². The van der Waals surface area contributed by atoms with E-state index in [2.05, 4.69) is 51.7 Å². The molecule has 0 aliphatic rings. The van der Waals surface area contributed by atoms with Gasteiger partial charge in [0.1, 0.15) is 5.58 Å². The number of hydrogen-bond acceptors (Lipinski definition) is 6. The molecular formula is C32H24N4O2. The third-order valence-corrected chi connectivity index (χ3v) is 6.42.